The minimum absolute atomic E-state index is 0.0570. The van der Waals surface area contributed by atoms with E-state index in [-0.39, 0.29) is 31.6 Å². The highest BCUT2D eigenvalue weighted by Gasteiger charge is 2.72. The van der Waals surface area contributed by atoms with Crippen molar-refractivity contribution in [1.29, 1.82) is 0 Å². The third-order valence-electron chi connectivity index (χ3n) is 7.19. The molecule has 0 aliphatic carbocycles. The van der Waals surface area contributed by atoms with Crippen molar-refractivity contribution in [1.82, 2.24) is 30.7 Å². The minimum Gasteiger partial charge on any atom is -0.504 e. The fourth-order valence-corrected chi connectivity index (χ4v) is 6.75. The molecule has 0 radical (unpaired) electrons. The second kappa shape index (κ2) is 10.5. The first kappa shape index (κ1) is 29.4. The number of carboxylic acid groups (broad SMARTS) is 1. The van der Waals surface area contributed by atoms with E-state index in [1.54, 1.807) is 20.8 Å². The van der Waals surface area contributed by atoms with Crippen LogP contribution in [0.5, 0.6) is 11.5 Å². The molecule has 4 atom stereocenters. The van der Waals surface area contributed by atoms with E-state index in [1.165, 1.54) is 11.0 Å². The smallest absolute Gasteiger partial charge is 0.327 e. The van der Waals surface area contributed by atoms with Gasteiger partial charge < -0.3 is 41.1 Å². The van der Waals surface area contributed by atoms with Gasteiger partial charge in [-0.1, -0.05) is 6.07 Å². The number of phenols is 2. The van der Waals surface area contributed by atoms with Gasteiger partial charge in [-0.3, -0.25) is 28.9 Å². The first-order valence-electron chi connectivity index (χ1n) is 12.4. The van der Waals surface area contributed by atoms with Crippen molar-refractivity contribution in [2.24, 2.45) is 0 Å². The fraction of sp³-hybridized carbons (Fsp3) is 0.458. The van der Waals surface area contributed by atoms with Gasteiger partial charge in [0.25, 0.3) is 5.91 Å². The number of carbonyl (C=O) groups excluding carboxylic acids is 6. The van der Waals surface area contributed by atoms with E-state index in [0.717, 1.165) is 28.8 Å². The van der Waals surface area contributed by atoms with Crippen LogP contribution in [0.3, 0.4) is 0 Å². The maximum absolute atomic E-state index is 13.7. The van der Waals surface area contributed by atoms with Crippen LogP contribution in [0.2, 0.25) is 0 Å². The number of phenolic OH excluding ortho intramolecular Hbond substituents is 2. The molecule has 4 rings (SSSR count). The normalized spacial score (nSPS) is 25.6. The first-order chi connectivity index (χ1) is 19.2. The summed E-state index contributed by atoms with van der Waals surface area (Å²) in [7, 11) is 0. The number of piperazine rings is 1. The number of nitrogens with zero attached hydrogens (tertiary/aromatic N) is 3. The number of fused-ring (bicyclic) bond motifs is 1. The molecule has 17 heteroatoms. The number of amides is 7. The molecule has 7 amide bonds. The number of thioether (sulfide) groups is 1. The Kier molecular flexibility index (Phi) is 7.51. The second-order valence-corrected chi connectivity index (χ2v) is 11.8. The summed E-state index contributed by atoms with van der Waals surface area (Å²) in [5.74, 6) is -6.52. The third kappa shape index (κ3) is 4.75. The zero-order valence-corrected chi connectivity index (χ0v) is 22.9. The van der Waals surface area contributed by atoms with E-state index in [0.29, 0.717) is 4.90 Å². The van der Waals surface area contributed by atoms with Gasteiger partial charge in [0.1, 0.15) is 17.5 Å². The largest absolute Gasteiger partial charge is 0.504 e. The lowest BCUT2D eigenvalue weighted by Crippen LogP contribution is -2.85. The third-order valence-corrected chi connectivity index (χ3v) is 8.82. The van der Waals surface area contributed by atoms with Gasteiger partial charge in [0.2, 0.25) is 18.0 Å². The van der Waals surface area contributed by atoms with Crippen molar-refractivity contribution < 1.29 is 48.9 Å². The van der Waals surface area contributed by atoms with Gasteiger partial charge in [0.05, 0.1) is 0 Å². The van der Waals surface area contributed by atoms with Gasteiger partial charge in [0.15, 0.2) is 11.5 Å². The number of rotatable bonds is 8. The molecule has 0 aromatic heterocycles. The lowest BCUT2D eigenvalue weighted by molar-refractivity contribution is -0.172. The minimum atomic E-state index is -2.09. The number of hydrogen-bond donors (Lipinski definition) is 6. The van der Waals surface area contributed by atoms with Crippen molar-refractivity contribution in [2.45, 2.75) is 48.6 Å². The molecule has 3 aliphatic rings. The van der Waals surface area contributed by atoms with Crippen LogP contribution in [0.1, 0.15) is 32.4 Å². The van der Waals surface area contributed by atoms with E-state index in [1.807, 2.05) is 0 Å². The average molecular weight is 593 g/mol. The summed E-state index contributed by atoms with van der Waals surface area (Å²) in [6.45, 7) is 4.97. The summed E-state index contributed by atoms with van der Waals surface area (Å²) < 4.78 is -1.01. The van der Waals surface area contributed by atoms with Crippen molar-refractivity contribution in [3.8, 4) is 11.5 Å². The summed E-state index contributed by atoms with van der Waals surface area (Å²) in [6.07, 6.45) is 0.161. The van der Waals surface area contributed by atoms with E-state index in [4.69, 9.17) is 0 Å². The lowest BCUT2D eigenvalue weighted by Gasteiger charge is -2.52. The van der Waals surface area contributed by atoms with Gasteiger partial charge in [-0.2, -0.15) is 0 Å². The fourth-order valence-electron chi connectivity index (χ4n) is 5.09. The topological polar surface area (TPSA) is 226 Å². The number of aliphatic carboxylic acids is 1. The highest BCUT2D eigenvalue weighted by Crippen LogP contribution is 2.54. The Morgan fingerprint density at radius 1 is 1.12 bits per heavy atom. The number of aromatic hydroxyl groups is 2. The first-order valence-corrected chi connectivity index (χ1v) is 13.3. The molecule has 3 fully saturated rings. The quantitative estimate of drug-likeness (QED) is 0.0652. The molecule has 3 heterocycles. The van der Waals surface area contributed by atoms with E-state index in [2.05, 4.69) is 16.0 Å². The van der Waals surface area contributed by atoms with Gasteiger partial charge in [0, 0.05) is 24.4 Å². The number of β-lactam (4-membered cyclic amide) rings is 1. The zero-order valence-electron chi connectivity index (χ0n) is 22.1. The maximum atomic E-state index is 13.7. The van der Waals surface area contributed by atoms with Gasteiger partial charge >= 0.3 is 23.8 Å². The van der Waals surface area contributed by atoms with E-state index < -0.39 is 75.0 Å². The van der Waals surface area contributed by atoms with Gasteiger partial charge in [-0.05, 0) is 38.5 Å². The van der Waals surface area contributed by atoms with Crippen LogP contribution in [0.25, 0.3) is 0 Å². The van der Waals surface area contributed by atoms with Gasteiger partial charge in [-0.25, -0.2) is 9.59 Å². The summed E-state index contributed by atoms with van der Waals surface area (Å²) in [5.41, 5.74) is -2.18. The summed E-state index contributed by atoms with van der Waals surface area (Å²) in [5, 5.41) is 35.4. The van der Waals surface area contributed by atoms with Crippen molar-refractivity contribution >= 4 is 53.8 Å². The maximum Gasteiger partial charge on any atom is 0.327 e. The molecule has 0 saturated carbocycles. The number of carboxylic acids is 1. The molecule has 0 spiro atoms. The van der Waals surface area contributed by atoms with Gasteiger partial charge in [-0.15, -0.1) is 11.8 Å². The highest BCUT2D eigenvalue weighted by molar-refractivity contribution is 8.01. The standard InChI is InChI=1S/C24H28N6O10S/c1-4-28-7-8-29(18(36)17(28)35)22(40)26-14(11-5-6-12(32)13(33)9-11)16(34)27-24(25-10-31)20(39)30-15(19(37)38)23(2,3)41-21(24)30/h5-6,9-10,14-15,21,32-33H,4,7-8H2,1-3H3,(H,25,31)(H,26,40)(H,27,34)(H,37,38)/t14?,15-,21-,24-/m1/s1. The van der Waals surface area contributed by atoms with Crippen molar-refractivity contribution in [2.75, 3.05) is 19.6 Å². The van der Waals surface area contributed by atoms with E-state index >= 15 is 0 Å². The Hall–Kier alpha value is -4.54. The number of hydrogen-bond acceptors (Lipinski definition) is 10. The van der Waals surface area contributed by atoms with Crippen molar-refractivity contribution in [3.05, 3.63) is 23.8 Å². The molecule has 1 aromatic rings. The molecule has 6 N–H and O–H groups in total. The summed E-state index contributed by atoms with van der Waals surface area (Å²) in [6, 6.07) is -0.933. The average Bonchev–Trinajstić information content (AvgIpc) is 3.18. The Morgan fingerprint density at radius 2 is 1.80 bits per heavy atom. The predicted octanol–water partition coefficient (Wildman–Crippen LogP) is -1.76. The number of likely N-dealkylation sites (N-methyl/N-ethyl adjacent to an activating group) is 1. The molecule has 41 heavy (non-hydrogen) atoms. The molecule has 3 aliphatic heterocycles. The van der Waals surface area contributed by atoms with Crippen LogP contribution in [0.4, 0.5) is 4.79 Å². The number of imide groups is 1. The molecule has 16 nitrogen and oxygen atoms in total. The van der Waals surface area contributed by atoms with Crippen LogP contribution in [-0.4, -0.2) is 114 Å². The number of urea groups is 1. The Labute approximate surface area is 237 Å². The monoisotopic (exact) mass is 592 g/mol. The number of benzene rings is 1. The predicted molar refractivity (Wildman–Crippen MR) is 139 cm³/mol. The number of carbonyl (C=O) groups is 7. The Morgan fingerprint density at radius 3 is 2.39 bits per heavy atom. The lowest BCUT2D eigenvalue weighted by atomic mass is 9.91. The zero-order chi connectivity index (χ0) is 30.4. The van der Waals surface area contributed by atoms with Crippen LogP contribution in [0, 0.1) is 0 Å². The molecule has 1 unspecified atom stereocenters. The highest BCUT2D eigenvalue weighted by atomic mass is 32.2. The van der Waals surface area contributed by atoms with Crippen LogP contribution >= 0.6 is 11.8 Å². The molecular formula is C24H28N6O10S. The Balaban J connectivity index is 1.65. The number of nitrogens with one attached hydrogen (secondary N) is 3. The van der Waals surface area contributed by atoms with Crippen LogP contribution in [0.15, 0.2) is 18.2 Å². The van der Waals surface area contributed by atoms with E-state index in [9.17, 15) is 48.9 Å². The Bertz CT molecular complexity index is 1350. The molecule has 0 bridgehead atoms. The second-order valence-electron chi connectivity index (χ2n) is 10.1. The molecule has 1 aromatic carbocycles. The molecule has 3 saturated heterocycles. The molecule has 220 valence electrons. The SMILES string of the molecule is CCN1CCN(C(=O)NC(C(=O)N[C@]2(NC=O)C(=O)N3[C@H](C(=O)O)C(C)(C)S[C@@H]32)c2ccc(O)c(O)c2)C(=O)C1=O. The van der Waals surface area contributed by atoms with Crippen LogP contribution < -0.4 is 16.0 Å². The van der Waals surface area contributed by atoms with Crippen LogP contribution in [-0.2, 0) is 28.8 Å². The summed E-state index contributed by atoms with van der Waals surface area (Å²) >= 11 is 1.03. The van der Waals surface area contributed by atoms with Crippen molar-refractivity contribution in [3.63, 3.8) is 0 Å². The molecular weight excluding hydrogens is 564 g/mol. The summed E-state index contributed by atoms with van der Waals surface area (Å²) in [4.78, 5) is 91.4.